The number of allylic oxidation sites excluding steroid dienone is 3. The smallest absolute Gasteiger partial charge is 0.305 e. The Labute approximate surface area is 558 Å². The molecule has 2 unspecified atom stereocenters. The van der Waals surface area contributed by atoms with E-state index in [1.807, 2.05) is 6.08 Å². The van der Waals surface area contributed by atoms with E-state index in [1.54, 1.807) is 6.08 Å². The van der Waals surface area contributed by atoms with Crippen molar-refractivity contribution in [3.8, 4) is 0 Å². The van der Waals surface area contributed by atoms with Crippen molar-refractivity contribution in [2.24, 2.45) is 0 Å². The van der Waals surface area contributed by atoms with Gasteiger partial charge in [-0.25, -0.2) is 0 Å². The average Bonchev–Trinajstić information content (AvgIpc) is 3.63. The Morgan fingerprint density at radius 2 is 0.528 bits per heavy atom. The van der Waals surface area contributed by atoms with Gasteiger partial charge in [0.2, 0.25) is 5.91 Å². The Hall–Kier alpha value is -1.66. The van der Waals surface area contributed by atoms with Gasteiger partial charge in [-0.15, -0.1) is 0 Å². The zero-order chi connectivity index (χ0) is 64.2. The maximum absolute atomic E-state index is 12.5. The summed E-state index contributed by atoms with van der Waals surface area (Å²) in [7, 11) is 0. The molecule has 6 heteroatoms. The van der Waals surface area contributed by atoms with Crippen molar-refractivity contribution in [1.29, 1.82) is 0 Å². The second-order valence-corrected chi connectivity index (χ2v) is 28.5. The van der Waals surface area contributed by atoms with E-state index in [0.29, 0.717) is 19.4 Å². The summed E-state index contributed by atoms with van der Waals surface area (Å²) in [4.78, 5) is 24.6. The van der Waals surface area contributed by atoms with Crippen LogP contribution in [0.5, 0.6) is 0 Å². The van der Waals surface area contributed by atoms with Crippen molar-refractivity contribution in [3.63, 3.8) is 0 Å². The number of aliphatic hydroxyl groups excluding tert-OH is 2. The van der Waals surface area contributed by atoms with Crippen molar-refractivity contribution in [2.75, 3.05) is 13.2 Å². The number of aliphatic hydroxyl groups is 2. The normalized spacial score (nSPS) is 12.5. The largest absolute Gasteiger partial charge is 0.466 e. The first-order valence-electron chi connectivity index (χ1n) is 41.1. The van der Waals surface area contributed by atoms with Crippen molar-refractivity contribution in [1.82, 2.24) is 5.32 Å². The first-order chi connectivity index (χ1) is 44.0. The summed E-state index contributed by atoms with van der Waals surface area (Å²) >= 11 is 0. The molecule has 0 aliphatic heterocycles. The number of nitrogens with one attached hydrogen (secondary N) is 1. The van der Waals surface area contributed by atoms with Crippen LogP contribution in [0.25, 0.3) is 0 Å². The SMILES string of the molecule is CCCCCCCCCCCCCC/C=C/C(O)C(CO)NC(=O)CCCCCCCCCCCCCCCCCCC/C=C\CCCCCCCCCCCCCCCCCCCCOC(=O)CCCCCCCCCCCCCCCCCCCCC. The number of hydrogen-bond donors (Lipinski definition) is 3. The molecule has 6 nitrogen and oxygen atoms in total. The van der Waals surface area contributed by atoms with Gasteiger partial charge in [-0.05, 0) is 57.8 Å². The van der Waals surface area contributed by atoms with E-state index >= 15 is 0 Å². The molecule has 0 rings (SSSR count). The van der Waals surface area contributed by atoms with Crippen LogP contribution in [0.2, 0.25) is 0 Å². The molecule has 0 aromatic carbocycles. The minimum Gasteiger partial charge on any atom is -0.466 e. The highest BCUT2D eigenvalue weighted by Gasteiger charge is 2.18. The number of ether oxygens (including phenoxy) is 1. The van der Waals surface area contributed by atoms with Crippen LogP contribution >= 0.6 is 0 Å². The molecule has 0 bridgehead atoms. The van der Waals surface area contributed by atoms with E-state index in [0.717, 1.165) is 38.5 Å². The van der Waals surface area contributed by atoms with Crippen molar-refractivity contribution in [3.05, 3.63) is 24.3 Å². The Kier molecular flexibility index (Phi) is 77.3. The lowest BCUT2D eigenvalue weighted by atomic mass is 10.0. The predicted molar refractivity (Wildman–Crippen MR) is 393 cm³/mol. The summed E-state index contributed by atoms with van der Waals surface area (Å²) < 4.78 is 5.53. The van der Waals surface area contributed by atoms with Gasteiger partial charge in [0, 0.05) is 12.8 Å². The number of carbonyl (C=O) groups is 2. The molecule has 0 aliphatic rings. The van der Waals surface area contributed by atoms with Crippen LogP contribution < -0.4 is 5.32 Å². The first-order valence-corrected chi connectivity index (χ1v) is 41.1. The summed E-state index contributed by atoms with van der Waals surface area (Å²) in [5.41, 5.74) is 0. The van der Waals surface area contributed by atoms with Crippen LogP contribution in [0.1, 0.15) is 470 Å². The maximum Gasteiger partial charge on any atom is 0.305 e. The molecule has 0 saturated carbocycles. The lowest BCUT2D eigenvalue weighted by Gasteiger charge is -2.20. The fourth-order valence-corrected chi connectivity index (χ4v) is 13.2. The summed E-state index contributed by atoms with van der Waals surface area (Å²) in [5.74, 6) is -0.0328. The monoisotopic (exact) mass is 1250 g/mol. The van der Waals surface area contributed by atoms with Gasteiger partial charge in [0.25, 0.3) is 0 Å². The molecule has 0 aromatic rings. The van der Waals surface area contributed by atoms with Gasteiger partial charge >= 0.3 is 5.97 Å². The molecular formula is C83H161NO5. The number of unbranched alkanes of at least 4 members (excludes halogenated alkanes) is 65. The van der Waals surface area contributed by atoms with Crippen LogP contribution in [0, 0.1) is 0 Å². The van der Waals surface area contributed by atoms with Crippen molar-refractivity contribution < 1.29 is 24.5 Å². The molecule has 528 valence electrons. The maximum atomic E-state index is 12.5. The van der Waals surface area contributed by atoms with E-state index in [2.05, 4.69) is 31.3 Å². The predicted octanol–water partition coefficient (Wildman–Crippen LogP) is 27.2. The zero-order valence-corrected chi connectivity index (χ0v) is 60.7. The molecule has 0 aromatic heterocycles. The molecule has 3 N–H and O–H groups in total. The fourth-order valence-electron chi connectivity index (χ4n) is 13.2. The Balaban J connectivity index is 3.30. The molecule has 1 amide bonds. The van der Waals surface area contributed by atoms with Gasteiger partial charge in [0.1, 0.15) is 0 Å². The third kappa shape index (κ3) is 75.3. The van der Waals surface area contributed by atoms with E-state index < -0.39 is 12.1 Å². The molecule has 2 atom stereocenters. The first kappa shape index (κ1) is 87.3. The lowest BCUT2D eigenvalue weighted by molar-refractivity contribution is -0.143. The van der Waals surface area contributed by atoms with Gasteiger partial charge in [0.15, 0.2) is 0 Å². The summed E-state index contributed by atoms with van der Waals surface area (Å²) in [5, 5.41) is 23.2. The topological polar surface area (TPSA) is 95.9 Å². The van der Waals surface area contributed by atoms with Crippen LogP contribution in [0.4, 0.5) is 0 Å². The van der Waals surface area contributed by atoms with E-state index in [1.165, 1.54) is 405 Å². The number of carbonyl (C=O) groups excluding carboxylic acids is 2. The number of rotatable bonds is 78. The summed E-state index contributed by atoms with van der Waals surface area (Å²) in [6.45, 7) is 4.96. The highest BCUT2D eigenvalue weighted by Crippen LogP contribution is 2.20. The average molecular weight is 1250 g/mol. The third-order valence-corrected chi connectivity index (χ3v) is 19.5. The highest BCUT2D eigenvalue weighted by atomic mass is 16.5. The second kappa shape index (κ2) is 78.8. The van der Waals surface area contributed by atoms with Crippen molar-refractivity contribution >= 4 is 11.9 Å². The van der Waals surface area contributed by atoms with Crippen LogP contribution in [-0.4, -0.2) is 47.4 Å². The molecular weight excluding hydrogens is 1090 g/mol. The van der Waals surface area contributed by atoms with E-state index in [-0.39, 0.29) is 18.5 Å². The molecule has 89 heavy (non-hydrogen) atoms. The van der Waals surface area contributed by atoms with Gasteiger partial charge in [-0.1, -0.05) is 423 Å². The fraction of sp³-hybridized carbons (Fsp3) is 0.928. The number of amides is 1. The molecule has 0 fully saturated rings. The number of hydrogen-bond acceptors (Lipinski definition) is 5. The van der Waals surface area contributed by atoms with Crippen molar-refractivity contribution in [2.45, 2.75) is 482 Å². The molecule has 0 radical (unpaired) electrons. The van der Waals surface area contributed by atoms with Gasteiger partial charge < -0.3 is 20.3 Å². The summed E-state index contributed by atoms with van der Waals surface area (Å²) in [6, 6.07) is -0.624. The second-order valence-electron chi connectivity index (χ2n) is 28.5. The molecule has 0 saturated heterocycles. The van der Waals surface area contributed by atoms with Crippen LogP contribution in [-0.2, 0) is 14.3 Å². The van der Waals surface area contributed by atoms with E-state index in [9.17, 15) is 19.8 Å². The Morgan fingerprint density at radius 3 is 0.798 bits per heavy atom. The van der Waals surface area contributed by atoms with Gasteiger partial charge in [-0.2, -0.15) is 0 Å². The molecule has 0 heterocycles. The Bertz CT molecular complexity index is 1400. The third-order valence-electron chi connectivity index (χ3n) is 19.5. The standard InChI is InChI=1S/C83H161NO5/c1-3-5-7-9-11-13-15-17-19-20-42-46-49-53-57-61-65-69-73-77-83(88)89-78-74-70-66-62-58-54-50-47-44-41-39-37-35-33-31-29-27-25-23-21-22-24-26-28-30-32-34-36-38-40-43-45-48-52-56-60-64-68-72-76-82(87)84-80(79-85)81(86)75-71-67-63-59-55-51-18-16-14-12-10-8-6-4-2/h21-22,71,75,80-81,85-86H,3-20,23-70,72-74,76-79H2,1-2H3,(H,84,87)/b22-21-,75-71+. The molecule has 0 aliphatic carbocycles. The van der Waals surface area contributed by atoms with Crippen LogP contribution in [0.15, 0.2) is 24.3 Å². The van der Waals surface area contributed by atoms with Crippen LogP contribution in [0.3, 0.4) is 0 Å². The minimum atomic E-state index is -0.841. The van der Waals surface area contributed by atoms with Gasteiger partial charge in [-0.3, -0.25) is 9.59 Å². The van der Waals surface area contributed by atoms with Gasteiger partial charge in [0.05, 0.1) is 25.4 Å². The Morgan fingerprint density at radius 1 is 0.303 bits per heavy atom. The summed E-state index contributed by atoms with van der Waals surface area (Å²) in [6.07, 6.45) is 102. The zero-order valence-electron chi connectivity index (χ0n) is 60.7. The quantitative estimate of drug-likeness (QED) is 0.0320. The highest BCUT2D eigenvalue weighted by molar-refractivity contribution is 5.76. The number of esters is 1. The lowest BCUT2D eigenvalue weighted by Crippen LogP contribution is -2.45. The minimum absolute atomic E-state index is 0.0281. The molecule has 0 spiro atoms. The van der Waals surface area contributed by atoms with E-state index in [4.69, 9.17) is 4.74 Å².